The van der Waals surface area contributed by atoms with E-state index in [2.05, 4.69) is 55.3 Å². The topological polar surface area (TPSA) is 127 Å². The van der Waals surface area contributed by atoms with Gasteiger partial charge < -0.3 is 10.2 Å². The van der Waals surface area contributed by atoms with Crippen LogP contribution < -0.4 is 5.32 Å². The van der Waals surface area contributed by atoms with E-state index in [0.717, 1.165) is 22.5 Å². The zero-order chi connectivity index (χ0) is 30.4. The summed E-state index contributed by atoms with van der Waals surface area (Å²) in [6.07, 6.45) is 2.16. The van der Waals surface area contributed by atoms with Crippen LogP contribution in [0.15, 0.2) is 59.5 Å². The smallest absolute Gasteiger partial charge is 0.248 e. The number of carbonyl (C=O) groups excluding carboxylic acids is 3. The summed E-state index contributed by atoms with van der Waals surface area (Å²) >= 11 is 3.25. The largest absolute Gasteiger partial charge is 0.326 e. The molecule has 1 N–H and O–H groups in total. The van der Waals surface area contributed by atoms with Crippen molar-refractivity contribution in [2.75, 3.05) is 11.9 Å². The van der Waals surface area contributed by atoms with Crippen LogP contribution in [0.25, 0.3) is 27.7 Å². The fourth-order valence-corrected chi connectivity index (χ4v) is 5.62. The molecule has 0 bridgehead atoms. The molecule has 1 aromatic carbocycles. The van der Waals surface area contributed by atoms with E-state index in [-0.39, 0.29) is 42.7 Å². The fraction of sp³-hybridized carbons (Fsp3) is 0.300. The lowest BCUT2D eigenvalue weighted by Crippen LogP contribution is -2.44. The first-order valence-corrected chi connectivity index (χ1v) is 14.6. The molecular formula is C30H28BrFN8O3. The van der Waals surface area contributed by atoms with Gasteiger partial charge in [0.15, 0.2) is 11.4 Å². The second kappa shape index (κ2) is 11.3. The summed E-state index contributed by atoms with van der Waals surface area (Å²) in [6.45, 7) is 5.06. The van der Waals surface area contributed by atoms with Gasteiger partial charge in [0.1, 0.15) is 34.9 Å². The average Bonchev–Trinajstić information content (AvgIpc) is 3.67. The third-order valence-corrected chi connectivity index (χ3v) is 7.91. The van der Waals surface area contributed by atoms with Gasteiger partial charge in [0.2, 0.25) is 11.8 Å². The third kappa shape index (κ3) is 5.64. The first-order chi connectivity index (χ1) is 20.6. The summed E-state index contributed by atoms with van der Waals surface area (Å²) in [6, 6.07) is 11.4. The highest BCUT2D eigenvalue weighted by molar-refractivity contribution is 9.10. The monoisotopic (exact) mass is 646 g/mol. The van der Waals surface area contributed by atoms with Gasteiger partial charge in [-0.3, -0.25) is 19.1 Å². The van der Waals surface area contributed by atoms with E-state index in [9.17, 15) is 18.8 Å². The Morgan fingerprint density at radius 3 is 2.67 bits per heavy atom. The van der Waals surface area contributed by atoms with Gasteiger partial charge in [-0.1, -0.05) is 26.0 Å². The molecule has 0 aliphatic carbocycles. The summed E-state index contributed by atoms with van der Waals surface area (Å²) in [4.78, 5) is 49.0. The average molecular weight is 648 g/mol. The van der Waals surface area contributed by atoms with Crippen LogP contribution in [0, 0.1) is 0 Å². The van der Waals surface area contributed by atoms with Crippen molar-refractivity contribution in [3.63, 3.8) is 0 Å². The van der Waals surface area contributed by atoms with Crippen LogP contribution in [-0.4, -0.2) is 70.6 Å². The Kier molecular flexibility index (Phi) is 7.50. The number of halogens is 2. The molecule has 1 saturated heterocycles. The Morgan fingerprint density at radius 1 is 1.12 bits per heavy atom. The lowest BCUT2D eigenvalue weighted by molar-refractivity contribution is -0.137. The number of nitrogens with zero attached hydrogens (tertiary/aromatic N) is 7. The number of carbonyl (C=O) groups is 3. The summed E-state index contributed by atoms with van der Waals surface area (Å²) in [5.41, 5.74) is 4.04. The van der Waals surface area contributed by atoms with Gasteiger partial charge in [0, 0.05) is 42.8 Å². The Labute approximate surface area is 254 Å². The quantitative estimate of drug-likeness (QED) is 0.199. The molecule has 0 saturated carbocycles. The lowest BCUT2D eigenvalue weighted by atomic mass is 10.0. The van der Waals surface area contributed by atoms with Crippen LogP contribution in [0.5, 0.6) is 0 Å². The highest BCUT2D eigenvalue weighted by Gasteiger charge is 2.40. The van der Waals surface area contributed by atoms with Gasteiger partial charge in [-0.25, -0.2) is 18.9 Å². The number of benzene rings is 1. The highest BCUT2D eigenvalue weighted by Crippen LogP contribution is 2.29. The second-order valence-electron chi connectivity index (χ2n) is 10.9. The molecule has 11 nitrogen and oxygen atoms in total. The van der Waals surface area contributed by atoms with Crippen molar-refractivity contribution in [1.82, 2.24) is 34.3 Å². The van der Waals surface area contributed by atoms with Gasteiger partial charge in [-0.2, -0.15) is 10.2 Å². The molecule has 2 atom stereocenters. The minimum atomic E-state index is -1.35. The van der Waals surface area contributed by atoms with Gasteiger partial charge in [-0.05, 0) is 51.7 Å². The number of Topliss-reactive ketones (excluding diaryl/α,β-unsaturated/α-hetero) is 1. The van der Waals surface area contributed by atoms with Crippen LogP contribution in [0.3, 0.4) is 0 Å². The minimum absolute atomic E-state index is 0.124. The maximum Gasteiger partial charge on any atom is 0.248 e. The van der Waals surface area contributed by atoms with Crippen molar-refractivity contribution in [3.8, 4) is 11.1 Å². The number of aromatic nitrogens is 6. The molecule has 0 radical (unpaired) electrons. The number of hydrogen-bond donors (Lipinski definition) is 1. The number of pyridine rings is 1. The van der Waals surface area contributed by atoms with E-state index in [1.54, 1.807) is 35.0 Å². The molecule has 13 heteroatoms. The SMILES string of the molecule is CC(=O)c1nn(CC(=O)N2C[C@H](F)C[C@H]2C(=O)Nc2cccc(Br)n2)c2ccc(-c3cnc4cc(C(C)C)nn4c3)cc12. The number of fused-ring (bicyclic) bond motifs is 2. The number of hydrogen-bond acceptors (Lipinski definition) is 7. The summed E-state index contributed by atoms with van der Waals surface area (Å²) in [5, 5.41) is 12.3. The van der Waals surface area contributed by atoms with Crippen LogP contribution in [0.1, 0.15) is 49.3 Å². The molecule has 43 heavy (non-hydrogen) atoms. The third-order valence-electron chi connectivity index (χ3n) is 7.47. The number of ketones is 1. The van der Waals surface area contributed by atoms with Gasteiger partial charge in [0.25, 0.3) is 0 Å². The normalized spacial score (nSPS) is 16.8. The standard InChI is InChI=1S/C30H28BrFN8O3/c1-16(2)22-11-27-33-12-19(13-40(27)36-22)18-7-8-23-21(9-18)29(17(3)41)37-39(23)15-28(42)38-14-20(32)10-24(38)30(43)35-26-6-4-5-25(31)34-26/h4-9,11-13,16,20,24H,10,14-15H2,1-3H3,(H,34,35,43)/t20-,24+/m1/s1. The zero-order valence-electron chi connectivity index (χ0n) is 23.7. The number of nitrogens with one attached hydrogen (secondary N) is 1. The molecular weight excluding hydrogens is 619 g/mol. The number of alkyl halides is 1. The molecule has 0 spiro atoms. The van der Waals surface area contributed by atoms with Crippen LogP contribution in [-0.2, 0) is 16.1 Å². The summed E-state index contributed by atoms with van der Waals surface area (Å²) in [7, 11) is 0. The van der Waals surface area contributed by atoms with E-state index < -0.39 is 24.0 Å². The van der Waals surface area contributed by atoms with Gasteiger partial charge in [-0.15, -0.1) is 0 Å². The van der Waals surface area contributed by atoms with Crippen LogP contribution >= 0.6 is 15.9 Å². The molecule has 2 amide bonds. The predicted molar refractivity (Wildman–Crippen MR) is 161 cm³/mol. The fourth-order valence-electron chi connectivity index (χ4n) is 5.28. The molecule has 220 valence electrons. The molecule has 6 rings (SSSR count). The Bertz CT molecular complexity index is 1900. The van der Waals surface area contributed by atoms with Crippen molar-refractivity contribution in [2.45, 2.75) is 51.9 Å². The maximum absolute atomic E-state index is 14.5. The van der Waals surface area contributed by atoms with Crippen LogP contribution in [0.4, 0.5) is 10.2 Å². The van der Waals surface area contributed by atoms with E-state index in [1.165, 1.54) is 16.5 Å². The van der Waals surface area contributed by atoms with E-state index in [0.29, 0.717) is 15.5 Å². The number of rotatable bonds is 7. The van der Waals surface area contributed by atoms with Crippen LogP contribution in [0.2, 0.25) is 0 Å². The Morgan fingerprint density at radius 2 is 1.93 bits per heavy atom. The second-order valence-corrected chi connectivity index (χ2v) is 11.7. The maximum atomic E-state index is 14.5. The van der Waals surface area contributed by atoms with Crippen molar-refractivity contribution in [1.29, 1.82) is 0 Å². The van der Waals surface area contributed by atoms with E-state index in [1.807, 2.05) is 24.4 Å². The molecule has 5 heterocycles. The molecule has 1 aliphatic rings. The first kappa shape index (κ1) is 28.6. The highest BCUT2D eigenvalue weighted by atomic mass is 79.9. The summed E-state index contributed by atoms with van der Waals surface area (Å²) in [5.74, 6) is -0.727. The lowest BCUT2D eigenvalue weighted by Gasteiger charge is -2.23. The number of amides is 2. The van der Waals surface area contributed by atoms with Gasteiger partial charge >= 0.3 is 0 Å². The Hall–Kier alpha value is -4.52. The molecule has 1 aliphatic heterocycles. The van der Waals surface area contributed by atoms with Crippen molar-refractivity contribution < 1.29 is 18.8 Å². The van der Waals surface area contributed by atoms with Crippen molar-refractivity contribution in [3.05, 3.63) is 70.8 Å². The Balaban J connectivity index is 1.27. The molecule has 0 unspecified atom stereocenters. The van der Waals surface area contributed by atoms with Crippen molar-refractivity contribution in [2.24, 2.45) is 0 Å². The van der Waals surface area contributed by atoms with Gasteiger partial charge in [0.05, 0.1) is 17.8 Å². The molecule has 5 aromatic rings. The number of likely N-dealkylation sites (tertiary alicyclic amines) is 1. The number of anilines is 1. The first-order valence-electron chi connectivity index (χ1n) is 13.8. The van der Waals surface area contributed by atoms with E-state index >= 15 is 0 Å². The van der Waals surface area contributed by atoms with E-state index in [4.69, 9.17) is 0 Å². The molecule has 4 aromatic heterocycles. The minimum Gasteiger partial charge on any atom is -0.326 e. The molecule has 1 fully saturated rings. The predicted octanol–water partition coefficient (Wildman–Crippen LogP) is 4.81. The van der Waals surface area contributed by atoms with Crippen molar-refractivity contribution >= 4 is 55.9 Å². The zero-order valence-corrected chi connectivity index (χ0v) is 25.2. The summed E-state index contributed by atoms with van der Waals surface area (Å²) < 4.78 is 18.2.